The molecule has 0 aliphatic heterocycles. The molecule has 108 valence electrons. The molecule has 1 aromatic carbocycles. The van der Waals surface area contributed by atoms with E-state index in [9.17, 15) is 9.59 Å². The highest BCUT2D eigenvalue weighted by atomic mass is 32.1. The van der Waals surface area contributed by atoms with Crippen LogP contribution in [-0.4, -0.2) is 19.0 Å². The van der Waals surface area contributed by atoms with Crippen molar-refractivity contribution in [1.29, 1.82) is 0 Å². The smallest absolute Gasteiger partial charge is 0.350 e. The molecule has 1 aliphatic rings. The Morgan fingerprint density at radius 1 is 1.24 bits per heavy atom. The third kappa shape index (κ3) is 2.97. The number of carbonyl (C=O) groups excluding carboxylic acids is 2. The van der Waals surface area contributed by atoms with Crippen molar-refractivity contribution in [3.8, 4) is 10.4 Å². The minimum Gasteiger partial charge on any atom is -0.465 e. The summed E-state index contributed by atoms with van der Waals surface area (Å²) in [5.41, 5.74) is 1.56. The van der Waals surface area contributed by atoms with Gasteiger partial charge in [-0.15, -0.1) is 11.3 Å². The standard InChI is InChI=1S/C16H15NO3S/c1-20-16(19)14-12(17-15(18)11-7-8-11)9-13(21-14)10-5-3-2-4-6-10/h2-6,9,11H,7-8H2,1H3,(H,17,18). The fourth-order valence-corrected chi connectivity index (χ4v) is 3.09. The summed E-state index contributed by atoms with van der Waals surface area (Å²) < 4.78 is 4.80. The highest BCUT2D eigenvalue weighted by Gasteiger charge is 2.31. The van der Waals surface area contributed by atoms with E-state index in [0.29, 0.717) is 10.6 Å². The lowest BCUT2D eigenvalue weighted by Crippen LogP contribution is -2.15. The molecular weight excluding hydrogens is 286 g/mol. The van der Waals surface area contributed by atoms with Crippen LogP contribution in [0.1, 0.15) is 22.5 Å². The van der Waals surface area contributed by atoms with Gasteiger partial charge in [0.1, 0.15) is 4.88 Å². The Hall–Kier alpha value is -2.14. The zero-order chi connectivity index (χ0) is 14.8. The van der Waals surface area contributed by atoms with Crippen molar-refractivity contribution in [3.63, 3.8) is 0 Å². The molecular formula is C16H15NO3S. The van der Waals surface area contributed by atoms with Crippen molar-refractivity contribution in [3.05, 3.63) is 41.3 Å². The van der Waals surface area contributed by atoms with Gasteiger partial charge in [-0.2, -0.15) is 0 Å². The molecule has 0 bridgehead atoms. The number of ether oxygens (including phenoxy) is 1. The van der Waals surface area contributed by atoms with Crippen molar-refractivity contribution < 1.29 is 14.3 Å². The number of thiophene rings is 1. The molecule has 1 saturated carbocycles. The molecule has 1 amide bonds. The number of rotatable bonds is 4. The number of benzene rings is 1. The summed E-state index contributed by atoms with van der Waals surface area (Å²) >= 11 is 1.33. The maximum atomic E-state index is 11.9. The number of nitrogens with one attached hydrogen (secondary N) is 1. The zero-order valence-corrected chi connectivity index (χ0v) is 12.4. The van der Waals surface area contributed by atoms with Crippen LogP contribution in [0.2, 0.25) is 0 Å². The Labute approximate surface area is 126 Å². The van der Waals surface area contributed by atoms with E-state index in [2.05, 4.69) is 5.32 Å². The van der Waals surface area contributed by atoms with Crippen LogP contribution in [0.15, 0.2) is 36.4 Å². The van der Waals surface area contributed by atoms with Gasteiger partial charge in [-0.3, -0.25) is 4.79 Å². The van der Waals surface area contributed by atoms with Crippen molar-refractivity contribution >= 4 is 28.9 Å². The van der Waals surface area contributed by atoms with Gasteiger partial charge in [0.15, 0.2) is 0 Å². The van der Waals surface area contributed by atoms with Crippen LogP contribution in [0.3, 0.4) is 0 Å². The van der Waals surface area contributed by atoms with Crippen molar-refractivity contribution in [2.45, 2.75) is 12.8 Å². The molecule has 0 saturated heterocycles. The van der Waals surface area contributed by atoms with Crippen LogP contribution in [-0.2, 0) is 9.53 Å². The summed E-state index contributed by atoms with van der Waals surface area (Å²) in [6.45, 7) is 0. The fourth-order valence-electron chi connectivity index (χ4n) is 2.05. The minimum absolute atomic E-state index is 0.0161. The van der Waals surface area contributed by atoms with Gasteiger partial charge in [-0.25, -0.2) is 4.79 Å². The van der Waals surface area contributed by atoms with Gasteiger partial charge in [-0.05, 0) is 24.5 Å². The number of hydrogen-bond acceptors (Lipinski definition) is 4. The Bertz CT molecular complexity index is 674. The molecule has 2 aromatic rings. The molecule has 1 heterocycles. The Morgan fingerprint density at radius 3 is 2.57 bits per heavy atom. The normalized spacial score (nSPS) is 13.8. The third-order valence-corrected chi connectivity index (χ3v) is 4.53. The number of methoxy groups -OCH3 is 1. The first-order valence-electron chi connectivity index (χ1n) is 6.77. The SMILES string of the molecule is COC(=O)c1sc(-c2ccccc2)cc1NC(=O)C1CC1. The average molecular weight is 301 g/mol. The summed E-state index contributed by atoms with van der Waals surface area (Å²) in [6, 6.07) is 11.6. The molecule has 1 fully saturated rings. The van der Waals surface area contributed by atoms with E-state index in [-0.39, 0.29) is 11.8 Å². The molecule has 5 heteroatoms. The van der Waals surface area contributed by atoms with Crippen LogP contribution >= 0.6 is 11.3 Å². The Balaban J connectivity index is 1.94. The van der Waals surface area contributed by atoms with Crippen molar-refractivity contribution in [2.24, 2.45) is 5.92 Å². The highest BCUT2D eigenvalue weighted by molar-refractivity contribution is 7.18. The van der Waals surface area contributed by atoms with Gasteiger partial charge < -0.3 is 10.1 Å². The topological polar surface area (TPSA) is 55.4 Å². The molecule has 0 unspecified atom stereocenters. The van der Waals surface area contributed by atoms with Gasteiger partial charge in [0.25, 0.3) is 0 Å². The summed E-state index contributed by atoms with van der Waals surface area (Å²) in [5, 5.41) is 2.85. The van der Waals surface area contributed by atoms with E-state index in [1.165, 1.54) is 18.4 Å². The van der Waals surface area contributed by atoms with Gasteiger partial charge >= 0.3 is 5.97 Å². The van der Waals surface area contributed by atoms with Gasteiger partial charge in [0.05, 0.1) is 12.8 Å². The first-order chi connectivity index (χ1) is 10.2. The molecule has 0 spiro atoms. The predicted molar refractivity (Wildman–Crippen MR) is 82.4 cm³/mol. The van der Waals surface area contributed by atoms with E-state index in [4.69, 9.17) is 4.74 Å². The van der Waals surface area contributed by atoms with Crippen LogP contribution < -0.4 is 5.32 Å². The van der Waals surface area contributed by atoms with Gasteiger partial charge in [0, 0.05) is 10.8 Å². The van der Waals surface area contributed by atoms with Crippen molar-refractivity contribution in [1.82, 2.24) is 0 Å². The highest BCUT2D eigenvalue weighted by Crippen LogP contribution is 2.37. The molecule has 21 heavy (non-hydrogen) atoms. The number of amides is 1. The molecule has 4 nitrogen and oxygen atoms in total. The number of carbonyl (C=O) groups is 2. The zero-order valence-electron chi connectivity index (χ0n) is 11.6. The molecule has 0 atom stereocenters. The second-order valence-corrected chi connectivity index (χ2v) is 6.03. The molecule has 0 radical (unpaired) electrons. The first kappa shape index (κ1) is 13.8. The summed E-state index contributed by atoms with van der Waals surface area (Å²) in [4.78, 5) is 25.2. The van der Waals surface area contributed by atoms with Crippen LogP contribution in [0, 0.1) is 5.92 Å². The predicted octanol–water partition coefficient (Wildman–Crippen LogP) is 3.55. The number of anilines is 1. The Morgan fingerprint density at radius 2 is 1.95 bits per heavy atom. The van der Waals surface area contributed by atoms with E-state index < -0.39 is 5.97 Å². The first-order valence-corrected chi connectivity index (χ1v) is 7.59. The van der Waals surface area contributed by atoms with E-state index in [1.54, 1.807) is 0 Å². The van der Waals surface area contributed by atoms with E-state index >= 15 is 0 Å². The van der Waals surface area contributed by atoms with Crippen LogP contribution in [0.4, 0.5) is 5.69 Å². The number of esters is 1. The summed E-state index contributed by atoms with van der Waals surface area (Å²) in [7, 11) is 1.34. The third-order valence-electron chi connectivity index (χ3n) is 3.37. The maximum Gasteiger partial charge on any atom is 0.350 e. The molecule has 3 rings (SSSR count). The van der Waals surface area contributed by atoms with Crippen LogP contribution in [0.25, 0.3) is 10.4 Å². The lowest BCUT2D eigenvalue weighted by atomic mass is 10.2. The summed E-state index contributed by atoms with van der Waals surface area (Å²) in [6.07, 6.45) is 1.85. The maximum absolute atomic E-state index is 11.9. The monoisotopic (exact) mass is 301 g/mol. The second kappa shape index (κ2) is 5.69. The lowest BCUT2D eigenvalue weighted by Gasteiger charge is -2.03. The molecule has 1 N–H and O–H groups in total. The van der Waals surface area contributed by atoms with Gasteiger partial charge in [0.2, 0.25) is 5.91 Å². The number of hydrogen-bond donors (Lipinski definition) is 1. The molecule has 1 aromatic heterocycles. The second-order valence-electron chi connectivity index (χ2n) is 4.97. The fraction of sp³-hybridized carbons (Fsp3) is 0.250. The van der Waals surface area contributed by atoms with Gasteiger partial charge in [-0.1, -0.05) is 30.3 Å². The quantitative estimate of drug-likeness (QED) is 0.879. The minimum atomic E-state index is -0.423. The van der Waals surface area contributed by atoms with E-state index in [1.807, 2.05) is 36.4 Å². The lowest BCUT2D eigenvalue weighted by molar-refractivity contribution is -0.117. The average Bonchev–Trinajstić information content (AvgIpc) is 3.29. The summed E-state index contributed by atoms with van der Waals surface area (Å²) in [5.74, 6) is -0.346. The molecule has 1 aliphatic carbocycles. The van der Waals surface area contributed by atoms with Crippen molar-refractivity contribution in [2.75, 3.05) is 12.4 Å². The van der Waals surface area contributed by atoms with E-state index in [0.717, 1.165) is 23.3 Å². The Kier molecular flexibility index (Phi) is 3.75. The van der Waals surface area contributed by atoms with Crippen LogP contribution in [0.5, 0.6) is 0 Å². The largest absolute Gasteiger partial charge is 0.465 e.